The number of benzene rings is 2. The third-order valence-electron chi connectivity index (χ3n) is 3.95. The number of hydrogen-bond donors (Lipinski definition) is 2. The third-order valence-corrected chi connectivity index (χ3v) is 3.95. The molecule has 0 radical (unpaired) electrons. The van der Waals surface area contributed by atoms with Crippen LogP contribution in [-0.4, -0.2) is 17.3 Å². The van der Waals surface area contributed by atoms with Gasteiger partial charge >= 0.3 is 0 Å². The van der Waals surface area contributed by atoms with E-state index >= 15 is 0 Å². The molecule has 0 bridgehead atoms. The molecule has 1 aromatic heterocycles. The third kappa shape index (κ3) is 2.12. The first-order valence-corrected chi connectivity index (χ1v) is 7.08. The van der Waals surface area contributed by atoms with Gasteiger partial charge in [0.15, 0.2) is 5.76 Å². The molecule has 0 atom stereocenters. The molecule has 3 rings (SSSR count). The van der Waals surface area contributed by atoms with Crippen LogP contribution in [0.3, 0.4) is 0 Å². The number of aromatic hydroxyl groups is 2. The Morgan fingerprint density at radius 2 is 1.65 bits per heavy atom. The molecule has 0 spiro atoms. The van der Waals surface area contributed by atoms with Crippen molar-refractivity contribution in [3.63, 3.8) is 0 Å². The molecule has 0 amide bonds. The van der Waals surface area contributed by atoms with Crippen molar-refractivity contribution in [3.05, 3.63) is 51.7 Å². The lowest BCUT2D eigenvalue weighted by Crippen LogP contribution is -2.07. The molecule has 23 heavy (non-hydrogen) atoms. The topological polar surface area (TPSA) is 79.9 Å². The Kier molecular flexibility index (Phi) is 3.48. The van der Waals surface area contributed by atoms with Crippen molar-refractivity contribution in [1.82, 2.24) is 0 Å². The minimum absolute atomic E-state index is 0.00204. The lowest BCUT2D eigenvalue weighted by Gasteiger charge is -2.14. The number of phenols is 1. The Labute approximate surface area is 132 Å². The molecule has 0 aliphatic rings. The summed E-state index contributed by atoms with van der Waals surface area (Å²) in [5, 5.41) is 20.7. The highest BCUT2D eigenvalue weighted by molar-refractivity contribution is 5.92. The Balaban J connectivity index is 2.51. The van der Waals surface area contributed by atoms with Crippen LogP contribution in [-0.2, 0) is 0 Å². The zero-order valence-electron chi connectivity index (χ0n) is 13.0. The summed E-state index contributed by atoms with van der Waals surface area (Å²) in [6.07, 6.45) is 0. The van der Waals surface area contributed by atoms with Gasteiger partial charge in [-0.05, 0) is 13.8 Å². The van der Waals surface area contributed by atoms with E-state index in [2.05, 4.69) is 0 Å². The van der Waals surface area contributed by atoms with Crippen LogP contribution >= 0.6 is 0 Å². The van der Waals surface area contributed by atoms with E-state index < -0.39 is 11.2 Å². The molecule has 2 N–H and O–H groups in total. The molecular formula is C18H16O5. The fraction of sp³-hybridized carbons (Fsp3) is 0.167. The normalized spacial score (nSPS) is 10.9. The van der Waals surface area contributed by atoms with Gasteiger partial charge in [-0.3, -0.25) is 4.79 Å². The van der Waals surface area contributed by atoms with Crippen LogP contribution in [0.4, 0.5) is 0 Å². The molecule has 0 fully saturated rings. The van der Waals surface area contributed by atoms with Crippen LogP contribution in [0.25, 0.3) is 22.3 Å². The Hall–Kier alpha value is -2.95. The van der Waals surface area contributed by atoms with Crippen molar-refractivity contribution >= 4 is 11.0 Å². The average molecular weight is 312 g/mol. The minimum atomic E-state index is -0.590. The van der Waals surface area contributed by atoms with Gasteiger partial charge in [-0.25, -0.2) is 0 Å². The molecular weight excluding hydrogens is 296 g/mol. The van der Waals surface area contributed by atoms with Gasteiger partial charge in [-0.15, -0.1) is 0 Å². The van der Waals surface area contributed by atoms with Gasteiger partial charge in [0.05, 0.1) is 7.11 Å². The summed E-state index contributed by atoms with van der Waals surface area (Å²) in [5.41, 5.74) is 1.03. The molecule has 118 valence electrons. The fourth-order valence-electron chi connectivity index (χ4n) is 2.72. The molecule has 3 aromatic rings. The molecule has 5 nitrogen and oxygen atoms in total. The van der Waals surface area contributed by atoms with E-state index in [1.54, 1.807) is 38.1 Å². The van der Waals surface area contributed by atoms with Crippen LogP contribution in [0.2, 0.25) is 0 Å². The number of fused-ring (bicyclic) bond motifs is 1. The van der Waals surface area contributed by atoms with Gasteiger partial charge in [0.25, 0.3) is 0 Å². The molecule has 0 aliphatic carbocycles. The molecule has 2 aromatic carbocycles. The second-order valence-corrected chi connectivity index (χ2v) is 5.31. The quantitative estimate of drug-likeness (QED) is 0.757. The largest absolute Gasteiger partial charge is 0.507 e. The zero-order chi connectivity index (χ0) is 16.7. The summed E-state index contributed by atoms with van der Waals surface area (Å²) in [6, 6.07) is 8.83. The first-order valence-electron chi connectivity index (χ1n) is 7.08. The lowest BCUT2D eigenvalue weighted by atomic mass is 10.0. The summed E-state index contributed by atoms with van der Waals surface area (Å²) in [5.74, 6) is -0.211. The zero-order valence-corrected chi connectivity index (χ0v) is 13.0. The maximum Gasteiger partial charge on any atom is 0.238 e. The summed E-state index contributed by atoms with van der Waals surface area (Å²) in [7, 11) is 1.40. The number of phenolic OH excluding ortho intramolecular Hbond substituents is 1. The summed E-state index contributed by atoms with van der Waals surface area (Å²) in [6.45, 7) is 3.29. The number of aryl methyl sites for hydroxylation is 1. The van der Waals surface area contributed by atoms with Crippen molar-refractivity contribution in [1.29, 1.82) is 0 Å². The van der Waals surface area contributed by atoms with Crippen molar-refractivity contribution in [2.24, 2.45) is 0 Å². The predicted molar refractivity (Wildman–Crippen MR) is 87.3 cm³/mol. The predicted octanol–water partition coefficient (Wildman–Crippen LogP) is 3.50. The van der Waals surface area contributed by atoms with E-state index in [4.69, 9.17) is 9.15 Å². The standard InChI is InChI=1S/C18H16O5/c1-9-13(19)10(2)17-12(16(9)22-3)14(20)15(21)18(23-17)11-7-5-4-6-8-11/h4-8,19,21H,1-3H3. The van der Waals surface area contributed by atoms with Crippen LogP contribution < -0.4 is 10.2 Å². The van der Waals surface area contributed by atoms with Gasteiger partial charge in [-0.2, -0.15) is 0 Å². The van der Waals surface area contributed by atoms with E-state index in [0.29, 0.717) is 16.7 Å². The first-order chi connectivity index (χ1) is 11.0. The number of rotatable bonds is 2. The van der Waals surface area contributed by atoms with Gasteiger partial charge in [0.2, 0.25) is 11.2 Å². The molecule has 5 heteroatoms. The Morgan fingerprint density at radius 3 is 2.26 bits per heavy atom. The van der Waals surface area contributed by atoms with Crippen LogP contribution in [0, 0.1) is 13.8 Å². The smallest absolute Gasteiger partial charge is 0.238 e. The summed E-state index contributed by atoms with van der Waals surface area (Å²) < 4.78 is 11.0. The fourth-order valence-corrected chi connectivity index (χ4v) is 2.72. The van der Waals surface area contributed by atoms with E-state index in [1.807, 2.05) is 6.07 Å². The highest BCUT2D eigenvalue weighted by atomic mass is 16.5. The van der Waals surface area contributed by atoms with Gasteiger partial charge < -0.3 is 19.4 Å². The number of methoxy groups -OCH3 is 1. The molecule has 1 heterocycles. The van der Waals surface area contributed by atoms with E-state index in [9.17, 15) is 15.0 Å². The van der Waals surface area contributed by atoms with Crippen LogP contribution in [0.5, 0.6) is 17.2 Å². The first kappa shape index (κ1) is 15.0. The second-order valence-electron chi connectivity index (χ2n) is 5.31. The van der Waals surface area contributed by atoms with Gasteiger partial charge in [0.1, 0.15) is 22.5 Å². The van der Waals surface area contributed by atoms with Crippen LogP contribution in [0.15, 0.2) is 39.5 Å². The maximum absolute atomic E-state index is 12.6. The number of ether oxygens (including phenoxy) is 1. The van der Waals surface area contributed by atoms with E-state index in [0.717, 1.165) is 0 Å². The van der Waals surface area contributed by atoms with Gasteiger partial charge in [0, 0.05) is 16.7 Å². The SMILES string of the molecule is COc1c(C)c(O)c(C)c2oc(-c3ccccc3)c(O)c(=O)c12. The highest BCUT2D eigenvalue weighted by Crippen LogP contribution is 2.41. The van der Waals surface area contributed by atoms with Gasteiger partial charge in [-0.1, -0.05) is 30.3 Å². The second kappa shape index (κ2) is 5.35. The van der Waals surface area contributed by atoms with Crippen molar-refractivity contribution in [2.45, 2.75) is 13.8 Å². The van der Waals surface area contributed by atoms with Crippen LogP contribution in [0.1, 0.15) is 11.1 Å². The monoisotopic (exact) mass is 312 g/mol. The molecule has 0 aliphatic heterocycles. The Bertz CT molecular complexity index is 955. The Morgan fingerprint density at radius 1 is 1.00 bits per heavy atom. The maximum atomic E-state index is 12.6. The lowest BCUT2D eigenvalue weighted by molar-refractivity contribution is 0.403. The average Bonchev–Trinajstić information content (AvgIpc) is 2.57. The van der Waals surface area contributed by atoms with Crippen molar-refractivity contribution < 1.29 is 19.4 Å². The summed E-state index contributed by atoms with van der Waals surface area (Å²) in [4.78, 5) is 12.6. The van der Waals surface area contributed by atoms with E-state index in [1.165, 1.54) is 7.11 Å². The van der Waals surface area contributed by atoms with E-state index in [-0.39, 0.29) is 28.2 Å². The number of hydrogen-bond acceptors (Lipinski definition) is 5. The van der Waals surface area contributed by atoms with Crippen molar-refractivity contribution in [2.75, 3.05) is 7.11 Å². The summed E-state index contributed by atoms with van der Waals surface area (Å²) >= 11 is 0. The van der Waals surface area contributed by atoms with Crippen molar-refractivity contribution in [3.8, 4) is 28.6 Å². The highest BCUT2D eigenvalue weighted by Gasteiger charge is 2.23. The molecule has 0 unspecified atom stereocenters. The minimum Gasteiger partial charge on any atom is -0.507 e. The molecule has 0 saturated carbocycles. The molecule has 0 saturated heterocycles.